The van der Waals surface area contributed by atoms with Gasteiger partial charge in [-0.05, 0) is 37.3 Å². The molecular formula is C12H18N2O. The monoisotopic (exact) mass is 206 g/mol. The summed E-state index contributed by atoms with van der Waals surface area (Å²) in [7, 11) is 4.00. The molecule has 3 nitrogen and oxygen atoms in total. The minimum atomic E-state index is -0.362. The molecule has 0 bridgehead atoms. The number of nitrogens with zero attached hydrogens (tertiary/aromatic N) is 2. The van der Waals surface area contributed by atoms with Gasteiger partial charge in [0.25, 0.3) is 0 Å². The number of aromatic nitrogens is 1. The molecule has 1 N–H and O–H groups in total. The zero-order valence-corrected chi connectivity index (χ0v) is 9.40. The summed E-state index contributed by atoms with van der Waals surface area (Å²) < 4.78 is 0. The highest BCUT2D eigenvalue weighted by Gasteiger charge is 2.39. The van der Waals surface area contributed by atoms with Crippen molar-refractivity contribution in [3.63, 3.8) is 0 Å². The second-order valence-electron chi connectivity index (χ2n) is 4.60. The molecule has 0 radical (unpaired) electrons. The average molecular weight is 206 g/mol. The van der Waals surface area contributed by atoms with Gasteiger partial charge in [-0.1, -0.05) is 6.07 Å². The van der Waals surface area contributed by atoms with Crippen LogP contribution in [0.25, 0.3) is 0 Å². The molecule has 1 heterocycles. The van der Waals surface area contributed by atoms with Crippen LogP contribution < -0.4 is 4.90 Å². The number of aryl methyl sites for hydroxylation is 1. The van der Waals surface area contributed by atoms with E-state index < -0.39 is 0 Å². The zero-order valence-electron chi connectivity index (χ0n) is 9.40. The Hall–Kier alpha value is -1.09. The van der Waals surface area contributed by atoms with Crippen LogP contribution in [0, 0.1) is 0 Å². The SMILES string of the molecule is CN(C)c1ncccc1CCC1(O)CC1. The second kappa shape index (κ2) is 3.81. The lowest BCUT2D eigenvalue weighted by molar-refractivity contribution is 0.140. The van der Waals surface area contributed by atoms with Gasteiger partial charge in [-0.3, -0.25) is 0 Å². The third-order valence-corrected chi connectivity index (χ3v) is 2.98. The largest absolute Gasteiger partial charge is 0.390 e. The van der Waals surface area contributed by atoms with E-state index in [-0.39, 0.29) is 5.60 Å². The van der Waals surface area contributed by atoms with Crippen LogP contribution in [-0.4, -0.2) is 29.8 Å². The number of anilines is 1. The molecule has 0 unspecified atom stereocenters. The van der Waals surface area contributed by atoms with Gasteiger partial charge in [-0.2, -0.15) is 0 Å². The Kier molecular flexibility index (Phi) is 2.65. The Balaban J connectivity index is 2.06. The lowest BCUT2D eigenvalue weighted by Gasteiger charge is -2.16. The normalized spacial score (nSPS) is 17.5. The number of hydrogen-bond acceptors (Lipinski definition) is 3. The Morgan fingerprint density at radius 2 is 2.20 bits per heavy atom. The van der Waals surface area contributed by atoms with Crippen LogP contribution in [-0.2, 0) is 6.42 Å². The summed E-state index contributed by atoms with van der Waals surface area (Å²) in [4.78, 5) is 6.36. The van der Waals surface area contributed by atoms with Crippen LogP contribution in [0.5, 0.6) is 0 Å². The standard InChI is InChI=1S/C12H18N2O/c1-14(2)11-10(4-3-9-13-11)5-6-12(15)7-8-12/h3-4,9,15H,5-8H2,1-2H3. The first-order valence-electron chi connectivity index (χ1n) is 5.44. The Morgan fingerprint density at radius 3 is 2.80 bits per heavy atom. The molecule has 1 aromatic rings. The van der Waals surface area contributed by atoms with E-state index >= 15 is 0 Å². The maximum Gasteiger partial charge on any atom is 0.131 e. The fourth-order valence-corrected chi connectivity index (χ4v) is 1.79. The summed E-state index contributed by atoms with van der Waals surface area (Å²) in [5.41, 5.74) is 0.863. The van der Waals surface area contributed by atoms with Crippen LogP contribution in [0.4, 0.5) is 5.82 Å². The van der Waals surface area contributed by atoms with Gasteiger partial charge in [0.15, 0.2) is 0 Å². The van der Waals surface area contributed by atoms with E-state index in [1.807, 2.05) is 31.3 Å². The van der Waals surface area contributed by atoms with E-state index in [0.717, 1.165) is 31.5 Å². The highest BCUT2D eigenvalue weighted by Crippen LogP contribution is 2.39. The zero-order chi connectivity index (χ0) is 10.9. The third kappa shape index (κ3) is 2.48. The van der Waals surface area contributed by atoms with Crippen molar-refractivity contribution in [1.82, 2.24) is 4.98 Å². The van der Waals surface area contributed by atoms with Crippen molar-refractivity contribution in [3.05, 3.63) is 23.9 Å². The van der Waals surface area contributed by atoms with E-state index in [1.54, 1.807) is 0 Å². The highest BCUT2D eigenvalue weighted by molar-refractivity contribution is 5.45. The molecule has 1 aromatic heterocycles. The summed E-state index contributed by atoms with van der Waals surface area (Å²) in [6.45, 7) is 0. The van der Waals surface area contributed by atoms with Crippen molar-refractivity contribution in [2.75, 3.05) is 19.0 Å². The lowest BCUT2D eigenvalue weighted by atomic mass is 10.1. The maximum absolute atomic E-state index is 9.79. The minimum absolute atomic E-state index is 0.362. The van der Waals surface area contributed by atoms with E-state index in [4.69, 9.17) is 0 Å². The van der Waals surface area contributed by atoms with Crippen LogP contribution in [0.1, 0.15) is 24.8 Å². The molecule has 3 heteroatoms. The summed E-state index contributed by atoms with van der Waals surface area (Å²) in [6, 6.07) is 4.05. The summed E-state index contributed by atoms with van der Waals surface area (Å²) in [5, 5.41) is 9.79. The van der Waals surface area contributed by atoms with Gasteiger partial charge in [-0.15, -0.1) is 0 Å². The van der Waals surface area contributed by atoms with Gasteiger partial charge in [-0.25, -0.2) is 4.98 Å². The molecule has 82 valence electrons. The average Bonchev–Trinajstić information content (AvgIpc) is 2.95. The predicted octanol–water partition coefficient (Wildman–Crippen LogP) is 1.61. The molecule has 1 aliphatic carbocycles. The van der Waals surface area contributed by atoms with Crippen LogP contribution in [0.2, 0.25) is 0 Å². The Bertz CT molecular complexity index is 345. The molecule has 0 atom stereocenters. The van der Waals surface area contributed by atoms with Crippen molar-refractivity contribution in [1.29, 1.82) is 0 Å². The molecule has 0 aromatic carbocycles. The van der Waals surface area contributed by atoms with Gasteiger partial charge in [0.2, 0.25) is 0 Å². The quantitative estimate of drug-likeness (QED) is 0.813. The predicted molar refractivity (Wildman–Crippen MR) is 61.1 cm³/mol. The van der Waals surface area contributed by atoms with Crippen molar-refractivity contribution in [3.8, 4) is 0 Å². The van der Waals surface area contributed by atoms with E-state index in [9.17, 15) is 5.11 Å². The number of pyridine rings is 1. The van der Waals surface area contributed by atoms with Crippen molar-refractivity contribution in [2.45, 2.75) is 31.3 Å². The fraction of sp³-hybridized carbons (Fsp3) is 0.583. The molecule has 0 saturated heterocycles. The molecule has 0 amide bonds. The summed E-state index contributed by atoms with van der Waals surface area (Å²) >= 11 is 0. The van der Waals surface area contributed by atoms with Gasteiger partial charge < -0.3 is 10.0 Å². The molecule has 15 heavy (non-hydrogen) atoms. The van der Waals surface area contributed by atoms with E-state index in [0.29, 0.717) is 0 Å². The van der Waals surface area contributed by atoms with Crippen LogP contribution in [0.3, 0.4) is 0 Å². The fourth-order valence-electron chi connectivity index (χ4n) is 1.79. The van der Waals surface area contributed by atoms with Gasteiger partial charge in [0.05, 0.1) is 5.60 Å². The Morgan fingerprint density at radius 1 is 1.47 bits per heavy atom. The Labute approximate surface area is 90.8 Å². The van der Waals surface area contributed by atoms with E-state index in [1.165, 1.54) is 5.56 Å². The number of aliphatic hydroxyl groups is 1. The van der Waals surface area contributed by atoms with Crippen molar-refractivity contribution < 1.29 is 5.11 Å². The summed E-state index contributed by atoms with van der Waals surface area (Å²) in [6.07, 6.45) is 5.51. The third-order valence-electron chi connectivity index (χ3n) is 2.98. The van der Waals surface area contributed by atoms with Crippen molar-refractivity contribution >= 4 is 5.82 Å². The van der Waals surface area contributed by atoms with Crippen molar-refractivity contribution in [2.24, 2.45) is 0 Å². The molecule has 2 rings (SSSR count). The van der Waals surface area contributed by atoms with Gasteiger partial charge >= 0.3 is 0 Å². The van der Waals surface area contributed by atoms with Crippen LogP contribution in [0.15, 0.2) is 18.3 Å². The van der Waals surface area contributed by atoms with Gasteiger partial charge in [0.1, 0.15) is 5.82 Å². The highest BCUT2D eigenvalue weighted by atomic mass is 16.3. The number of rotatable bonds is 4. The van der Waals surface area contributed by atoms with Crippen LogP contribution >= 0.6 is 0 Å². The second-order valence-corrected chi connectivity index (χ2v) is 4.60. The molecular weight excluding hydrogens is 188 g/mol. The summed E-state index contributed by atoms with van der Waals surface area (Å²) in [5.74, 6) is 1.02. The molecule has 1 saturated carbocycles. The number of hydrogen-bond donors (Lipinski definition) is 1. The minimum Gasteiger partial charge on any atom is -0.390 e. The first-order chi connectivity index (χ1) is 7.11. The maximum atomic E-state index is 9.79. The smallest absolute Gasteiger partial charge is 0.131 e. The topological polar surface area (TPSA) is 36.4 Å². The van der Waals surface area contributed by atoms with Gasteiger partial charge in [0, 0.05) is 20.3 Å². The lowest BCUT2D eigenvalue weighted by Crippen LogP contribution is -2.15. The van der Waals surface area contributed by atoms with E-state index in [2.05, 4.69) is 11.1 Å². The molecule has 0 aliphatic heterocycles. The molecule has 1 aliphatic rings. The molecule has 0 spiro atoms. The first-order valence-corrected chi connectivity index (χ1v) is 5.44. The first kappa shape index (κ1) is 10.4. The molecule has 1 fully saturated rings.